The maximum Gasteiger partial charge on any atom is 0.306 e. The number of carbonyl (C=O) groups is 1. The van der Waals surface area contributed by atoms with Crippen LogP contribution >= 0.6 is 27.3 Å². The van der Waals surface area contributed by atoms with Gasteiger partial charge in [-0.25, -0.2) is 4.98 Å². The number of rotatable bonds is 3. The zero-order chi connectivity index (χ0) is 12.4. The molecule has 17 heavy (non-hydrogen) atoms. The van der Waals surface area contributed by atoms with Gasteiger partial charge in [-0.2, -0.15) is 0 Å². The number of aliphatic carboxylic acids is 1. The van der Waals surface area contributed by atoms with Crippen molar-refractivity contribution < 1.29 is 9.90 Å². The second kappa shape index (κ2) is 5.46. The Morgan fingerprint density at radius 2 is 2.18 bits per heavy atom. The first kappa shape index (κ1) is 13.0. The van der Waals surface area contributed by atoms with E-state index in [2.05, 4.69) is 20.9 Å². The number of thiazole rings is 1. The zero-order valence-electron chi connectivity index (χ0n) is 9.30. The minimum absolute atomic E-state index is 0.0546. The molecule has 0 amide bonds. The molecular formula is C11H15BrN2O2S. The summed E-state index contributed by atoms with van der Waals surface area (Å²) in [6.45, 7) is 0. The van der Waals surface area contributed by atoms with Crippen molar-refractivity contribution in [2.24, 2.45) is 17.6 Å². The second-order valence-electron chi connectivity index (χ2n) is 4.48. The van der Waals surface area contributed by atoms with Crippen LogP contribution in [0.25, 0.3) is 0 Å². The summed E-state index contributed by atoms with van der Waals surface area (Å²) in [7, 11) is 0. The third-order valence-electron chi connectivity index (χ3n) is 3.41. The van der Waals surface area contributed by atoms with Gasteiger partial charge in [0.05, 0.1) is 21.9 Å². The van der Waals surface area contributed by atoms with E-state index in [0.29, 0.717) is 5.92 Å². The Labute approximate surface area is 112 Å². The van der Waals surface area contributed by atoms with Crippen molar-refractivity contribution in [1.82, 2.24) is 4.98 Å². The Morgan fingerprint density at radius 3 is 2.65 bits per heavy atom. The average molecular weight is 319 g/mol. The van der Waals surface area contributed by atoms with Gasteiger partial charge in [-0.1, -0.05) is 0 Å². The quantitative estimate of drug-likeness (QED) is 0.898. The molecule has 0 saturated heterocycles. The van der Waals surface area contributed by atoms with Crippen LogP contribution in [0.3, 0.4) is 0 Å². The molecule has 1 aliphatic carbocycles. The monoisotopic (exact) mass is 318 g/mol. The third-order valence-corrected chi connectivity index (χ3v) is 4.99. The number of hydrogen-bond acceptors (Lipinski definition) is 4. The van der Waals surface area contributed by atoms with E-state index in [0.717, 1.165) is 34.5 Å². The molecule has 0 spiro atoms. The molecule has 1 atom stereocenters. The minimum Gasteiger partial charge on any atom is -0.481 e. The van der Waals surface area contributed by atoms with E-state index >= 15 is 0 Å². The molecular weight excluding hydrogens is 304 g/mol. The number of hydrogen-bond donors (Lipinski definition) is 2. The molecule has 0 aromatic carbocycles. The molecule has 1 saturated carbocycles. The summed E-state index contributed by atoms with van der Waals surface area (Å²) >= 11 is 4.94. The fraction of sp³-hybridized carbons (Fsp3) is 0.636. The first-order valence-corrected chi connectivity index (χ1v) is 7.28. The average Bonchev–Trinajstić information content (AvgIpc) is 2.75. The highest BCUT2D eigenvalue weighted by molar-refractivity contribution is 9.11. The normalized spacial score (nSPS) is 26.7. The lowest BCUT2D eigenvalue weighted by atomic mass is 9.79. The predicted molar refractivity (Wildman–Crippen MR) is 69.8 cm³/mol. The number of aromatic nitrogens is 1. The summed E-state index contributed by atoms with van der Waals surface area (Å²) in [5.74, 6) is -0.487. The molecule has 0 aliphatic heterocycles. The molecule has 1 aromatic rings. The van der Waals surface area contributed by atoms with Gasteiger partial charge in [0.15, 0.2) is 0 Å². The van der Waals surface area contributed by atoms with E-state index in [-0.39, 0.29) is 12.0 Å². The highest BCUT2D eigenvalue weighted by Crippen LogP contribution is 2.37. The highest BCUT2D eigenvalue weighted by atomic mass is 79.9. The van der Waals surface area contributed by atoms with Crippen molar-refractivity contribution in [3.63, 3.8) is 0 Å². The van der Waals surface area contributed by atoms with Crippen LogP contribution in [0.4, 0.5) is 0 Å². The van der Waals surface area contributed by atoms with Crippen LogP contribution < -0.4 is 5.73 Å². The first-order chi connectivity index (χ1) is 8.08. The summed E-state index contributed by atoms with van der Waals surface area (Å²) in [5.41, 5.74) is 6.18. The van der Waals surface area contributed by atoms with Crippen molar-refractivity contribution in [1.29, 1.82) is 0 Å². The lowest BCUT2D eigenvalue weighted by molar-refractivity contribution is -0.143. The lowest BCUT2D eigenvalue weighted by Gasteiger charge is -2.29. The maximum absolute atomic E-state index is 10.9. The van der Waals surface area contributed by atoms with Crippen molar-refractivity contribution >= 4 is 33.2 Å². The second-order valence-corrected chi connectivity index (χ2v) is 6.92. The molecule has 94 valence electrons. The summed E-state index contributed by atoms with van der Waals surface area (Å²) in [4.78, 5) is 15.1. The molecule has 2 rings (SSSR count). The van der Waals surface area contributed by atoms with Gasteiger partial charge in [0.1, 0.15) is 5.01 Å². The van der Waals surface area contributed by atoms with Crippen LogP contribution in [0, 0.1) is 11.8 Å². The number of carboxylic acid groups (broad SMARTS) is 1. The first-order valence-electron chi connectivity index (χ1n) is 5.67. The van der Waals surface area contributed by atoms with E-state index < -0.39 is 5.97 Å². The molecule has 1 aliphatic rings. The van der Waals surface area contributed by atoms with Crippen LogP contribution in [0.5, 0.6) is 0 Å². The Morgan fingerprint density at radius 1 is 1.53 bits per heavy atom. The lowest BCUT2D eigenvalue weighted by Crippen LogP contribution is -2.28. The Bertz CT molecular complexity index is 402. The smallest absolute Gasteiger partial charge is 0.306 e. The van der Waals surface area contributed by atoms with Crippen molar-refractivity contribution in [3.05, 3.63) is 15.0 Å². The zero-order valence-corrected chi connectivity index (χ0v) is 11.7. The number of nitrogens with two attached hydrogens (primary N) is 1. The number of carboxylic acids is 1. The highest BCUT2D eigenvalue weighted by Gasteiger charge is 2.30. The molecule has 1 fully saturated rings. The topological polar surface area (TPSA) is 76.2 Å². The van der Waals surface area contributed by atoms with Gasteiger partial charge in [-0.3, -0.25) is 4.79 Å². The van der Waals surface area contributed by atoms with Crippen LogP contribution in [0.1, 0.15) is 36.7 Å². The molecule has 6 heteroatoms. The van der Waals surface area contributed by atoms with Gasteiger partial charge >= 0.3 is 5.97 Å². The van der Waals surface area contributed by atoms with Crippen molar-refractivity contribution in [3.8, 4) is 0 Å². The van der Waals surface area contributed by atoms with Gasteiger partial charge in [-0.15, -0.1) is 11.3 Å². The van der Waals surface area contributed by atoms with E-state index in [9.17, 15) is 4.79 Å². The summed E-state index contributed by atoms with van der Waals surface area (Å²) in [6.07, 6.45) is 5.01. The van der Waals surface area contributed by atoms with Crippen molar-refractivity contribution in [2.75, 3.05) is 0 Å². The van der Waals surface area contributed by atoms with E-state index in [1.807, 2.05) is 0 Å². The largest absolute Gasteiger partial charge is 0.481 e. The molecule has 1 unspecified atom stereocenters. The van der Waals surface area contributed by atoms with E-state index in [4.69, 9.17) is 10.8 Å². The van der Waals surface area contributed by atoms with Crippen LogP contribution in [0.2, 0.25) is 0 Å². The third kappa shape index (κ3) is 3.05. The predicted octanol–water partition coefficient (Wildman–Crippen LogP) is 2.80. The fourth-order valence-corrected chi connectivity index (χ4v) is 3.69. The maximum atomic E-state index is 10.9. The number of halogens is 1. The Kier molecular flexibility index (Phi) is 4.17. The van der Waals surface area contributed by atoms with Gasteiger partial charge in [0.25, 0.3) is 0 Å². The standard InChI is InChI=1S/C11H15BrN2O2S/c12-8-5-14-10(17-8)9(13)6-1-3-7(4-2-6)11(15)16/h5-7,9H,1-4,13H2,(H,15,16). The van der Waals surface area contributed by atoms with Gasteiger partial charge in [0, 0.05) is 0 Å². The summed E-state index contributed by atoms with van der Waals surface area (Å²) < 4.78 is 0.988. The van der Waals surface area contributed by atoms with Crippen molar-refractivity contribution in [2.45, 2.75) is 31.7 Å². The molecule has 3 N–H and O–H groups in total. The van der Waals surface area contributed by atoms with Crippen LogP contribution in [0.15, 0.2) is 9.98 Å². The Hall–Kier alpha value is -0.460. The number of nitrogens with zero attached hydrogens (tertiary/aromatic N) is 1. The minimum atomic E-state index is -0.672. The van der Waals surface area contributed by atoms with Gasteiger partial charge in [-0.05, 0) is 47.5 Å². The molecule has 1 aromatic heterocycles. The summed E-state index contributed by atoms with van der Waals surface area (Å²) in [6, 6.07) is -0.0546. The SMILES string of the molecule is NC(c1ncc(Br)s1)C1CCC(C(=O)O)CC1. The Balaban J connectivity index is 1.94. The molecule has 1 heterocycles. The molecule has 0 bridgehead atoms. The summed E-state index contributed by atoms with van der Waals surface area (Å²) in [5, 5.41) is 9.88. The van der Waals surface area contributed by atoms with Crippen LogP contribution in [-0.4, -0.2) is 16.1 Å². The van der Waals surface area contributed by atoms with E-state index in [1.165, 1.54) is 0 Å². The van der Waals surface area contributed by atoms with Crippen LogP contribution in [-0.2, 0) is 4.79 Å². The van der Waals surface area contributed by atoms with Gasteiger partial charge in [0.2, 0.25) is 0 Å². The van der Waals surface area contributed by atoms with E-state index in [1.54, 1.807) is 17.5 Å². The fourth-order valence-electron chi connectivity index (χ4n) is 2.35. The van der Waals surface area contributed by atoms with Gasteiger partial charge < -0.3 is 10.8 Å². The molecule has 4 nitrogen and oxygen atoms in total. The molecule has 0 radical (unpaired) electrons.